The Hall–Kier alpha value is -3.06. The Balaban J connectivity index is 1.25. The van der Waals surface area contributed by atoms with Gasteiger partial charge in [-0.15, -0.1) is 0 Å². The number of hydrogen-bond donors (Lipinski definition) is 6. The predicted octanol–water partition coefficient (Wildman–Crippen LogP) is 1.89. The molecule has 7 N–H and O–H groups in total. The van der Waals surface area contributed by atoms with E-state index in [1.165, 1.54) is 6.42 Å². The van der Waals surface area contributed by atoms with E-state index in [2.05, 4.69) is 36.2 Å². The third-order valence-corrected chi connectivity index (χ3v) is 6.94. The van der Waals surface area contributed by atoms with E-state index in [4.69, 9.17) is 15.2 Å². The number of amides is 1. The smallest absolute Gasteiger partial charge is 0.251 e. The van der Waals surface area contributed by atoms with Gasteiger partial charge in [0.05, 0.1) is 32.5 Å². The molecule has 2 fully saturated rings. The van der Waals surface area contributed by atoms with Crippen LogP contribution in [-0.4, -0.2) is 83.7 Å². The van der Waals surface area contributed by atoms with Crippen LogP contribution < -0.4 is 27.0 Å². The molecule has 2 saturated carbocycles. The zero-order valence-electron chi connectivity index (χ0n) is 22.5. The summed E-state index contributed by atoms with van der Waals surface area (Å²) in [7, 11) is 0. The molecule has 2 aliphatic rings. The number of aliphatic hydroxyl groups excluding tert-OH is 1. The maximum atomic E-state index is 12.4. The van der Waals surface area contributed by atoms with Gasteiger partial charge in [-0.05, 0) is 62.6 Å². The second kappa shape index (κ2) is 15.5. The Morgan fingerprint density at radius 1 is 0.846 bits per heavy atom. The molecule has 0 atom stereocenters. The van der Waals surface area contributed by atoms with Crippen LogP contribution in [-0.2, 0) is 16.0 Å². The number of anilines is 3. The highest BCUT2D eigenvalue weighted by atomic mass is 16.5. The van der Waals surface area contributed by atoms with Crippen LogP contribution in [0.2, 0.25) is 0 Å². The molecule has 1 aromatic heterocycles. The molecule has 12 nitrogen and oxygen atoms in total. The van der Waals surface area contributed by atoms with Gasteiger partial charge < -0.3 is 41.6 Å². The fraction of sp³-hybridized carbons (Fsp3) is 0.630. The average Bonchev–Trinajstić information content (AvgIpc) is 2.92. The van der Waals surface area contributed by atoms with Crippen molar-refractivity contribution < 1.29 is 19.4 Å². The maximum Gasteiger partial charge on any atom is 0.251 e. The predicted molar refractivity (Wildman–Crippen MR) is 150 cm³/mol. The fourth-order valence-electron chi connectivity index (χ4n) is 4.42. The first-order valence-corrected chi connectivity index (χ1v) is 14.0. The van der Waals surface area contributed by atoms with Gasteiger partial charge in [-0.1, -0.05) is 12.1 Å². The number of carbonyl (C=O) groups excluding carboxylic acids is 1. The molecule has 1 heterocycles. The summed E-state index contributed by atoms with van der Waals surface area (Å²) >= 11 is 0. The molecule has 0 unspecified atom stereocenters. The third kappa shape index (κ3) is 9.88. The van der Waals surface area contributed by atoms with Crippen molar-refractivity contribution in [2.24, 2.45) is 5.73 Å². The van der Waals surface area contributed by atoms with E-state index >= 15 is 0 Å². The maximum absolute atomic E-state index is 12.4. The number of nitrogens with one attached hydrogen (secondary N) is 4. The molecule has 4 rings (SSSR count). The van der Waals surface area contributed by atoms with E-state index < -0.39 is 0 Å². The number of nitrogens with zero attached hydrogens (tertiary/aromatic N) is 3. The molecule has 0 bridgehead atoms. The largest absolute Gasteiger partial charge is 0.393 e. The zero-order valence-corrected chi connectivity index (χ0v) is 22.5. The van der Waals surface area contributed by atoms with Crippen LogP contribution in [0.3, 0.4) is 0 Å². The van der Waals surface area contributed by atoms with Crippen molar-refractivity contribution in [3.05, 3.63) is 35.4 Å². The van der Waals surface area contributed by atoms with Crippen LogP contribution >= 0.6 is 0 Å². The van der Waals surface area contributed by atoms with Crippen LogP contribution in [0.5, 0.6) is 0 Å². The lowest BCUT2D eigenvalue weighted by molar-refractivity contribution is 0.0511. The molecule has 0 saturated heterocycles. The summed E-state index contributed by atoms with van der Waals surface area (Å²) in [5, 5.41) is 22.8. The Labute approximate surface area is 229 Å². The number of nitrogens with two attached hydrogens (primary N) is 1. The monoisotopic (exact) mass is 542 g/mol. The molecule has 0 aliphatic heterocycles. The number of benzene rings is 1. The molecule has 0 radical (unpaired) electrons. The van der Waals surface area contributed by atoms with Crippen LogP contribution in [0.15, 0.2) is 24.3 Å². The lowest BCUT2D eigenvalue weighted by Gasteiger charge is -2.28. The van der Waals surface area contributed by atoms with Crippen molar-refractivity contribution in [1.29, 1.82) is 0 Å². The molecule has 39 heavy (non-hydrogen) atoms. The standard InChI is InChI=1S/C27H42N8O4/c28-12-14-38-16-17-39-15-13-29-24(37)20-6-4-19(5-7-20)18-30-25-33-26(31-21-2-1-3-21)35-27(34-25)32-22-8-10-23(36)11-9-22/h4-7,21-23,36H,1-3,8-18,28H2,(H,29,37)(H3,30,31,32,33,34,35). The van der Waals surface area contributed by atoms with Crippen molar-refractivity contribution in [3.63, 3.8) is 0 Å². The minimum Gasteiger partial charge on any atom is -0.393 e. The van der Waals surface area contributed by atoms with Crippen molar-refractivity contribution in [3.8, 4) is 0 Å². The highest BCUT2D eigenvalue weighted by Crippen LogP contribution is 2.24. The molecule has 1 amide bonds. The van der Waals surface area contributed by atoms with Crippen molar-refractivity contribution in [2.75, 3.05) is 55.5 Å². The Bertz CT molecular complexity index is 1010. The molecule has 12 heteroatoms. The minimum atomic E-state index is -0.210. The SMILES string of the molecule is NCCOCCOCCNC(=O)c1ccc(CNc2nc(NC3CCC3)nc(NC3CCC(O)CC3)n2)cc1. The van der Waals surface area contributed by atoms with Crippen LogP contribution in [0.1, 0.15) is 60.9 Å². The normalized spacial score (nSPS) is 19.2. The van der Waals surface area contributed by atoms with Gasteiger partial charge in [0, 0.05) is 37.3 Å². The Morgan fingerprint density at radius 3 is 2.08 bits per heavy atom. The highest BCUT2D eigenvalue weighted by molar-refractivity contribution is 5.94. The first-order valence-electron chi connectivity index (χ1n) is 14.0. The quantitative estimate of drug-likeness (QED) is 0.171. The summed E-state index contributed by atoms with van der Waals surface area (Å²) in [5.74, 6) is 1.44. The molecule has 214 valence electrons. The van der Waals surface area contributed by atoms with Gasteiger partial charge in [-0.3, -0.25) is 4.79 Å². The lowest BCUT2D eigenvalue weighted by atomic mass is 9.93. The van der Waals surface area contributed by atoms with Crippen molar-refractivity contribution in [1.82, 2.24) is 20.3 Å². The molecule has 2 aliphatic carbocycles. The number of aliphatic hydroxyl groups is 1. The van der Waals surface area contributed by atoms with Crippen LogP contribution in [0.25, 0.3) is 0 Å². The highest BCUT2D eigenvalue weighted by Gasteiger charge is 2.22. The summed E-state index contributed by atoms with van der Waals surface area (Å²) in [6.07, 6.45) is 6.59. The van der Waals surface area contributed by atoms with Gasteiger partial charge in [0.15, 0.2) is 0 Å². The van der Waals surface area contributed by atoms with E-state index in [0.717, 1.165) is 44.1 Å². The molecular formula is C27H42N8O4. The number of hydrogen-bond acceptors (Lipinski definition) is 11. The first-order chi connectivity index (χ1) is 19.1. The number of rotatable bonds is 16. The summed E-state index contributed by atoms with van der Waals surface area (Å²) in [6, 6.07) is 8.06. The second-order valence-corrected chi connectivity index (χ2v) is 10.0. The van der Waals surface area contributed by atoms with Gasteiger partial charge in [0.25, 0.3) is 5.91 Å². The second-order valence-electron chi connectivity index (χ2n) is 10.0. The Morgan fingerprint density at radius 2 is 1.46 bits per heavy atom. The van der Waals surface area contributed by atoms with Crippen LogP contribution in [0.4, 0.5) is 17.8 Å². The Kier molecular flexibility index (Phi) is 11.5. The van der Waals surface area contributed by atoms with Gasteiger partial charge >= 0.3 is 0 Å². The summed E-state index contributed by atoms with van der Waals surface area (Å²) < 4.78 is 10.7. The van der Waals surface area contributed by atoms with Gasteiger partial charge in [0.2, 0.25) is 17.8 Å². The van der Waals surface area contributed by atoms with Gasteiger partial charge in [0.1, 0.15) is 0 Å². The van der Waals surface area contributed by atoms with E-state index in [0.29, 0.717) is 75.5 Å². The van der Waals surface area contributed by atoms with Gasteiger partial charge in [-0.25, -0.2) is 0 Å². The van der Waals surface area contributed by atoms with Crippen molar-refractivity contribution >= 4 is 23.8 Å². The molecule has 1 aromatic carbocycles. The molecule has 0 spiro atoms. The molecular weight excluding hydrogens is 500 g/mol. The average molecular weight is 543 g/mol. The van der Waals surface area contributed by atoms with E-state index in [1.807, 2.05) is 12.1 Å². The van der Waals surface area contributed by atoms with E-state index in [1.54, 1.807) is 12.1 Å². The third-order valence-electron chi connectivity index (χ3n) is 6.94. The van der Waals surface area contributed by atoms with E-state index in [9.17, 15) is 9.90 Å². The fourth-order valence-corrected chi connectivity index (χ4v) is 4.42. The number of ether oxygens (including phenoxy) is 2. The lowest BCUT2D eigenvalue weighted by Crippen LogP contribution is -2.30. The number of carbonyl (C=O) groups is 1. The summed E-state index contributed by atoms with van der Waals surface area (Å²) in [5.41, 5.74) is 6.94. The van der Waals surface area contributed by atoms with Crippen LogP contribution in [0, 0.1) is 0 Å². The topological polar surface area (TPSA) is 169 Å². The summed E-state index contributed by atoms with van der Waals surface area (Å²) in [6.45, 7) is 3.32. The molecule has 2 aromatic rings. The van der Waals surface area contributed by atoms with Gasteiger partial charge in [-0.2, -0.15) is 15.0 Å². The number of aromatic nitrogens is 3. The zero-order chi connectivity index (χ0) is 27.3. The van der Waals surface area contributed by atoms with E-state index in [-0.39, 0.29) is 18.1 Å². The summed E-state index contributed by atoms with van der Waals surface area (Å²) in [4.78, 5) is 26.2. The first kappa shape index (κ1) is 28.9. The van der Waals surface area contributed by atoms with Crippen molar-refractivity contribution in [2.45, 2.75) is 69.7 Å². The minimum absolute atomic E-state index is 0.146.